The first kappa shape index (κ1) is 26.4. The molecule has 0 heterocycles. The molecule has 0 N–H and O–H groups in total. The van der Waals surface area contributed by atoms with Crippen molar-refractivity contribution in [2.24, 2.45) is 0 Å². The molecule has 0 saturated carbocycles. The van der Waals surface area contributed by atoms with E-state index >= 15 is 0 Å². The summed E-state index contributed by atoms with van der Waals surface area (Å²) in [5.74, 6) is -8.12. The Labute approximate surface area is 198 Å². The molecule has 0 atom stereocenters. The van der Waals surface area contributed by atoms with Gasteiger partial charge in [0, 0.05) is 12.1 Å². The number of alkyl halides is 3. The zero-order valence-corrected chi connectivity index (χ0v) is 18.8. The Hall–Kier alpha value is -3.23. The van der Waals surface area contributed by atoms with E-state index < -0.39 is 59.7 Å². The Kier molecular flexibility index (Phi) is 8.64. The van der Waals surface area contributed by atoms with Crippen LogP contribution in [-0.4, -0.2) is 13.3 Å². The monoisotopic (exact) mass is 500 g/mol. The topological polar surface area (TPSA) is 18.5 Å². The van der Waals surface area contributed by atoms with Crippen LogP contribution in [0.4, 0.5) is 30.7 Å². The zero-order chi connectivity index (χ0) is 25.6. The van der Waals surface area contributed by atoms with Crippen molar-refractivity contribution in [1.82, 2.24) is 0 Å². The second-order valence-corrected chi connectivity index (χ2v) is 7.84. The average Bonchev–Trinajstić information content (AvgIpc) is 2.78. The molecule has 0 aliphatic heterocycles. The lowest BCUT2D eigenvalue weighted by Gasteiger charge is -2.20. The molecule has 0 aliphatic rings. The average molecular weight is 500 g/mol. The molecule has 3 rings (SSSR count). The van der Waals surface area contributed by atoms with Gasteiger partial charge in [-0.1, -0.05) is 44.0 Å². The molecule has 2 nitrogen and oxygen atoms in total. The molecule has 35 heavy (non-hydrogen) atoms. The molecule has 0 fully saturated rings. The third kappa shape index (κ3) is 6.46. The Bertz CT molecular complexity index is 1100. The van der Waals surface area contributed by atoms with E-state index in [0.29, 0.717) is 17.7 Å². The summed E-state index contributed by atoms with van der Waals surface area (Å²) in [5.41, 5.74) is -0.215. The van der Waals surface area contributed by atoms with Gasteiger partial charge in [-0.05, 0) is 41.7 Å². The number of aryl methyl sites for hydroxylation is 1. The van der Waals surface area contributed by atoms with Crippen LogP contribution in [0, 0.1) is 23.3 Å². The summed E-state index contributed by atoms with van der Waals surface area (Å²) in [4.78, 5) is 0. The lowest BCUT2D eigenvalue weighted by atomic mass is 9.99. The van der Waals surface area contributed by atoms with E-state index in [1.54, 1.807) is 24.3 Å². The summed E-state index contributed by atoms with van der Waals surface area (Å²) in [6.07, 6.45) is -0.600. The Morgan fingerprint density at radius 1 is 0.771 bits per heavy atom. The van der Waals surface area contributed by atoms with Gasteiger partial charge in [-0.3, -0.25) is 0 Å². The smallest absolute Gasteiger partial charge is 0.432 e. The van der Waals surface area contributed by atoms with Crippen LogP contribution in [0.2, 0.25) is 0 Å². The van der Waals surface area contributed by atoms with Gasteiger partial charge < -0.3 is 9.47 Å². The molecule has 0 radical (unpaired) electrons. The maximum Gasteiger partial charge on any atom is 0.432 e. The predicted molar refractivity (Wildman–Crippen MR) is 117 cm³/mol. The van der Waals surface area contributed by atoms with Crippen LogP contribution in [0.25, 0.3) is 11.1 Å². The number of unbranched alkanes of at least 4 members (excludes halogenated alkanes) is 2. The Balaban J connectivity index is 1.83. The molecule has 0 spiro atoms. The van der Waals surface area contributed by atoms with Crippen LogP contribution in [0.1, 0.15) is 37.3 Å². The van der Waals surface area contributed by atoms with Gasteiger partial charge in [0.25, 0.3) is 0 Å². The van der Waals surface area contributed by atoms with Gasteiger partial charge in [-0.15, -0.1) is 0 Å². The highest BCUT2D eigenvalue weighted by Crippen LogP contribution is 2.38. The lowest BCUT2D eigenvalue weighted by Crippen LogP contribution is -2.25. The van der Waals surface area contributed by atoms with Gasteiger partial charge >= 0.3 is 6.11 Å². The molecule has 3 aromatic carbocycles. The molecule has 0 unspecified atom stereocenters. The van der Waals surface area contributed by atoms with E-state index in [9.17, 15) is 30.7 Å². The fourth-order valence-corrected chi connectivity index (χ4v) is 3.53. The van der Waals surface area contributed by atoms with Crippen molar-refractivity contribution in [3.63, 3.8) is 0 Å². The Morgan fingerprint density at radius 2 is 1.37 bits per heavy atom. The van der Waals surface area contributed by atoms with Gasteiger partial charge in [0.1, 0.15) is 36.2 Å². The summed E-state index contributed by atoms with van der Waals surface area (Å²) in [6, 6.07) is 9.04. The minimum absolute atomic E-state index is 0.0334. The van der Waals surface area contributed by atoms with Crippen LogP contribution < -0.4 is 9.47 Å². The van der Waals surface area contributed by atoms with E-state index in [4.69, 9.17) is 0 Å². The number of benzene rings is 3. The highest BCUT2D eigenvalue weighted by atomic mass is 19.3. The number of halogens is 7. The normalized spacial score (nSPS) is 11.5. The van der Waals surface area contributed by atoms with Gasteiger partial charge in [-0.25, -0.2) is 22.0 Å². The van der Waals surface area contributed by atoms with E-state index in [1.807, 2.05) is 0 Å². The summed E-state index contributed by atoms with van der Waals surface area (Å²) in [6.45, 7) is 0.393. The summed E-state index contributed by atoms with van der Waals surface area (Å²) in [5, 5.41) is 0. The number of rotatable bonds is 11. The quantitative estimate of drug-likeness (QED) is 0.196. The lowest BCUT2D eigenvalue weighted by molar-refractivity contribution is -0.189. The van der Waals surface area contributed by atoms with E-state index in [1.165, 1.54) is 0 Å². The van der Waals surface area contributed by atoms with Crippen LogP contribution in [0.5, 0.6) is 11.5 Å². The molecular formula is C26H23F7O2. The Morgan fingerprint density at radius 3 is 1.91 bits per heavy atom. The van der Waals surface area contributed by atoms with Crippen molar-refractivity contribution in [1.29, 1.82) is 0 Å². The zero-order valence-electron chi connectivity index (χ0n) is 18.8. The molecule has 0 aliphatic carbocycles. The molecule has 3 aromatic rings. The molecular weight excluding hydrogens is 477 g/mol. The first-order valence-electron chi connectivity index (χ1n) is 11.0. The van der Waals surface area contributed by atoms with Gasteiger partial charge in [0.2, 0.25) is 0 Å². The van der Waals surface area contributed by atoms with Crippen LogP contribution >= 0.6 is 0 Å². The summed E-state index contributed by atoms with van der Waals surface area (Å²) < 4.78 is 107. The molecule has 0 amide bonds. The highest BCUT2D eigenvalue weighted by molar-refractivity contribution is 5.64. The van der Waals surface area contributed by atoms with Crippen molar-refractivity contribution >= 4 is 0 Å². The van der Waals surface area contributed by atoms with Crippen LogP contribution in [0.15, 0.2) is 48.5 Å². The molecule has 0 bridgehead atoms. The third-order valence-corrected chi connectivity index (χ3v) is 5.23. The largest absolute Gasteiger partial charge is 0.485 e. The predicted octanol–water partition coefficient (Wildman–Crippen LogP) is 8.12. The number of ether oxygens (including phenoxy) is 2. The molecule has 9 heteroatoms. The van der Waals surface area contributed by atoms with Crippen molar-refractivity contribution in [3.8, 4) is 22.6 Å². The first-order valence-corrected chi connectivity index (χ1v) is 11.0. The van der Waals surface area contributed by atoms with Crippen molar-refractivity contribution < 1.29 is 40.2 Å². The van der Waals surface area contributed by atoms with E-state index in [2.05, 4.69) is 16.4 Å². The number of hydrogen-bond donors (Lipinski definition) is 0. The van der Waals surface area contributed by atoms with Crippen molar-refractivity contribution in [2.45, 2.75) is 38.7 Å². The minimum Gasteiger partial charge on any atom is -0.485 e. The van der Waals surface area contributed by atoms with Gasteiger partial charge in [-0.2, -0.15) is 8.78 Å². The van der Waals surface area contributed by atoms with Crippen LogP contribution in [0.3, 0.4) is 0 Å². The minimum atomic E-state index is -4.60. The maximum absolute atomic E-state index is 14.6. The second-order valence-electron chi connectivity index (χ2n) is 7.84. The van der Waals surface area contributed by atoms with Gasteiger partial charge in [0.15, 0.2) is 17.4 Å². The fraction of sp³-hybridized carbons (Fsp3) is 0.308. The molecule has 188 valence electrons. The van der Waals surface area contributed by atoms with Crippen LogP contribution in [-0.2, 0) is 12.5 Å². The summed E-state index contributed by atoms with van der Waals surface area (Å²) in [7, 11) is 0. The third-order valence-electron chi connectivity index (χ3n) is 5.23. The van der Waals surface area contributed by atoms with Crippen molar-refractivity contribution in [3.05, 3.63) is 82.9 Å². The molecule has 0 saturated heterocycles. The van der Waals surface area contributed by atoms with E-state index in [-0.39, 0.29) is 5.56 Å². The second kappa shape index (κ2) is 11.5. The SMILES string of the molecule is CCCCCc1ccc(-c2cc(F)c(C(F)(F)Oc3cc(F)c(OCCF)c(F)c3)c(F)c2)cc1. The fourth-order valence-electron chi connectivity index (χ4n) is 3.53. The highest BCUT2D eigenvalue weighted by Gasteiger charge is 2.41. The maximum atomic E-state index is 14.6. The van der Waals surface area contributed by atoms with Crippen molar-refractivity contribution in [2.75, 3.05) is 13.3 Å². The summed E-state index contributed by atoms with van der Waals surface area (Å²) >= 11 is 0. The van der Waals surface area contributed by atoms with Gasteiger partial charge in [0.05, 0.1) is 0 Å². The standard InChI is InChI=1S/C26H23F7O2/c1-2-3-4-5-16-6-8-17(9-7-16)18-12-20(28)24(21(29)13-18)26(32,33)35-19-14-22(30)25(23(31)15-19)34-11-10-27/h6-9,12-15H,2-5,10-11H2,1H3. The van der Waals surface area contributed by atoms with E-state index in [0.717, 1.165) is 43.4 Å². The first-order chi connectivity index (χ1) is 16.7. The number of hydrogen-bond acceptors (Lipinski definition) is 2. The molecule has 0 aromatic heterocycles.